The SMILES string of the molecule is COC(=O)c1cccc(C(=O)N[C@@H](CC=C(C)C)C(N)=O)c1. The fourth-order valence-electron chi connectivity index (χ4n) is 1.75. The van der Waals surface area contributed by atoms with E-state index in [4.69, 9.17) is 5.73 Å². The first-order valence-corrected chi connectivity index (χ1v) is 6.77. The van der Waals surface area contributed by atoms with Gasteiger partial charge in [-0.05, 0) is 38.5 Å². The summed E-state index contributed by atoms with van der Waals surface area (Å²) in [5.74, 6) is -1.63. The van der Waals surface area contributed by atoms with Gasteiger partial charge in [0.25, 0.3) is 5.91 Å². The summed E-state index contributed by atoms with van der Waals surface area (Å²) in [6.45, 7) is 3.78. The number of primary amides is 1. The zero-order chi connectivity index (χ0) is 16.7. The molecular formula is C16H20N2O4. The number of methoxy groups -OCH3 is 1. The molecule has 6 nitrogen and oxygen atoms in total. The van der Waals surface area contributed by atoms with Crippen molar-refractivity contribution in [1.82, 2.24) is 5.32 Å². The van der Waals surface area contributed by atoms with Crippen LogP contribution in [0.25, 0.3) is 0 Å². The van der Waals surface area contributed by atoms with Gasteiger partial charge >= 0.3 is 5.97 Å². The topological polar surface area (TPSA) is 98.5 Å². The van der Waals surface area contributed by atoms with Gasteiger partial charge < -0.3 is 15.8 Å². The molecule has 1 aromatic carbocycles. The van der Waals surface area contributed by atoms with Gasteiger partial charge in [-0.3, -0.25) is 9.59 Å². The standard InChI is InChI=1S/C16H20N2O4/c1-10(2)7-8-13(14(17)19)18-15(20)11-5-4-6-12(9-11)16(21)22-3/h4-7,9,13H,8H2,1-3H3,(H2,17,19)(H,18,20)/t13-/m0/s1. The maximum Gasteiger partial charge on any atom is 0.337 e. The highest BCUT2D eigenvalue weighted by atomic mass is 16.5. The average molecular weight is 304 g/mol. The Morgan fingerprint density at radius 2 is 1.91 bits per heavy atom. The van der Waals surface area contributed by atoms with Crippen LogP contribution in [0.3, 0.4) is 0 Å². The number of carbonyl (C=O) groups is 3. The number of amides is 2. The second-order valence-electron chi connectivity index (χ2n) is 5.02. The Bertz CT molecular complexity index is 604. The van der Waals surface area contributed by atoms with E-state index in [0.29, 0.717) is 6.42 Å². The van der Waals surface area contributed by atoms with Crippen LogP contribution in [-0.4, -0.2) is 30.9 Å². The highest BCUT2D eigenvalue weighted by Crippen LogP contribution is 2.08. The van der Waals surface area contributed by atoms with Crippen LogP contribution >= 0.6 is 0 Å². The van der Waals surface area contributed by atoms with E-state index >= 15 is 0 Å². The molecule has 0 saturated heterocycles. The summed E-state index contributed by atoms with van der Waals surface area (Å²) in [6.07, 6.45) is 2.14. The Balaban J connectivity index is 2.88. The minimum absolute atomic E-state index is 0.256. The molecule has 0 bridgehead atoms. The number of nitrogens with two attached hydrogens (primary N) is 1. The smallest absolute Gasteiger partial charge is 0.337 e. The summed E-state index contributed by atoms with van der Waals surface area (Å²) in [5, 5.41) is 2.56. The number of esters is 1. The normalized spacial score (nSPS) is 11.2. The van der Waals surface area contributed by atoms with Crippen molar-refractivity contribution in [2.75, 3.05) is 7.11 Å². The van der Waals surface area contributed by atoms with Gasteiger partial charge in [0.2, 0.25) is 5.91 Å². The molecule has 22 heavy (non-hydrogen) atoms. The van der Waals surface area contributed by atoms with Gasteiger partial charge in [0, 0.05) is 5.56 Å². The van der Waals surface area contributed by atoms with Crippen LogP contribution in [0.4, 0.5) is 0 Å². The minimum atomic E-state index is -0.802. The van der Waals surface area contributed by atoms with Gasteiger partial charge in [-0.2, -0.15) is 0 Å². The fraction of sp³-hybridized carbons (Fsp3) is 0.312. The number of carbonyl (C=O) groups excluding carboxylic acids is 3. The van der Waals surface area contributed by atoms with Gasteiger partial charge in [-0.1, -0.05) is 17.7 Å². The molecule has 0 aliphatic rings. The predicted molar refractivity (Wildman–Crippen MR) is 82.3 cm³/mol. The number of ether oxygens (including phenoxy) is 1. The van der Waals surface area contributed by atoms with E-state index in [1.54, 1.807) is 12.1 Å². The molecule has 1 rings (SSSR count). The molecule has 0 radical (unpaired) electrons. The third kappa shape index (κ3) is 5.05. The number of hydrogen-bond acceptors (Lipinski definition) is 4. The highest BCUT2D eigenvalue weighted by molar-refractivity contribution is 5.99. The first-order chi connectivity index (χ1) is 10.3. The van der Waals surface area contributed by atoms with Gasteiger partial charge in [-0.25, -0.2) is 4.79 Å². The zero-order valence-electron chi connectivity index (χ0n) is 12.9. The van der Waals surface area contributed by atoms with Crippen molar-refractivity contribution in [2.45, 2.75) is 26.3 Å². The summed E-state index contributed by atoms with van der Waals surface area (Å²) in [6, 6.07) is 5.25. The molecule has 1 atom stereocenters. The quantitative estimate of drug-likeness (QED) is 0.613. The minimum Gasteiger partial charge on any atom is -0.465 e. The van der Waals surface area contributed by atoms with Gasteiger partial charge in [-0.15, -0.1) is 0 Å². The van der Waals surface area contributed by atoms with Crippen molar-refractivity contribution < 1.29 is 19.1 Å². The monoisotopic (exact) mass is 304 g/mol. The van der Waals surface area contributed by atoms with Crippen molar-refractivity contribution in [3.05, 3.63) is 47.0 Å². The molecule has 0 spiro atoms. The molecule has 0 unspecified atom stereocenters. The highest BCUT2D eigenvalue weighted by Gasteiger charge is 2.18. The predicted octanol–water partition coefficient (Wildman–Crippen LogP) is 1.41. The van der Waals surface area contributed by atoms with Crippen LogP contribution in [0.2, 0.25) is 0 Å². The lowest BCUT2D eigenvalue weighted by Crippen LogP contribution is -2.44. The van der Waals surface area contributed by atoms with Crippen molar-refractivity contribution in [3.8, 4) is 0 Å². The summed E-state index contributed by atoms with van der Waals surface area (Å²) in [7, 11) is 1.26. The molecule has 1 aromatic rings. The maximum atomic E-state index is 12.2. The van der Waals surface area contributed by atoms with E-state index in [2.05, 4.69) is 10.1 Å². The molecule has 0 saturated carbocycles. The zero-order valence-corrected chi connectivity index (χ0v) is 12.9. The number of nitrogens with one attached hydrogen (secondary N) is 1. The Morgan fingerprint density at radius 1 is 1.27 bits per heavy atom. The molecular weight excluding hydrogens is 284 g/mol. The van der Waals surface area contributed by atoms with Crippen LogP contribution in [-0.2, 0) is 9.53 Å². The first kappa shape index (κ1) is 17.4. The van der Waals surface area contributed by atoms with E-state index < -0.39 is 23.8 Å². The first-order valence-electron chi connectivity index (χ1n) is 6.77. The Morgan fingerprint density at radius 3 is 2.45 bits per heavy atom. The van der Waals surface area contributed by atoms with Crippen LogP contribution < -0.4 is 11.1 Å². The van der Waals surface area contributed by atoms with Crippen LogP contribution in [0.15, 0.2) is 35.9 Å². The van der Waals surface area contributed by atoms with E-state index in [1.807, 2.05) is 19.9 Å². The Kier molecular flexibility index (Phi) is 6.31. The summed E-state index contributed by atoms with van der Waals surface area (Å²) < 4.78 is 4.60. The van der Waals surface area contributed by atoms with Crippen molar-refractivity contribution in [3.63, 3.8) is 0 Å². The van der Waals surface area contributed by atoms with Gasteiger partial charge in [0.15, 0.2) is 0 Å². The largest absolute Gasteiger partial charge is 0.465 e. The third-order valence-electron chi connectivity index (χ3n) is 2.96. The van der Waals surface area contributed by atoms with Gasteiger partial charge in [0.05, 0.1) is 12.7 Å². The molecule has 0 aliphatic heterocycles. The lowest BCUT2D eigenvalue weighted by atomic mass is 10.1. The molecule has 6 heteroatoms. The lowest BCUT2D eigenvalue weighted by Gasteiger charge is -2.14. The molecule has 0 aromatic heterocycles. The van der Waals surface area contributed by atoms with Crippen LogP contribution in [0.1, 0.15) is 41.0 Å². The average Bonchev–Trinajstić information content (AvgIpc) is 2.49. The molecule has 0 heterocycles. The van der Waals surface area contributed by atoms with E-state index in [0.717, 1.165) is 5.57 Å². The van der Waals surface area contributed by atoms with E-state index in [1.165, 1.54) is 19.2 Å². The summed E-state index contributed by atoms with van der Waals surface area (Å²) in [5.41, 5.74) is 6.83. The molecule has 0 fully saturated rings. The second kappa shape index (κ2) is 7.97. The van der Waals surface area contributed by atoms with Crippen molar-refractivity contribution in [2.24, 2.45) is 5.73 Å². The third-order valence-corrected chi connectivity index (χ3v) is 2.96. The molecule has 2 amide bonds. The van der Waals surface area contributed by atoms with E-state index in [-0.39, 0.29) is 11.1 Å². The Hall–Kier alpha value is -2.63. The maximum absolute atomic E-state index is 12.2. The molecule has 118 valence electrons. The summed E-state index contributed by atoms with van der Waals surface area (Å²) in [4.78, 5) is 35.0. The van der Waals surface area contributed by atoms with E-state index in [9.17, 15) is 14.4 Å². The van der Waals surface area contributed by atoms with Gasteiger partial charge in [0.1, 0.15) is 6.04 Å². The molecule has 3 N–H and O–H groups in total. The number of hydrogen-bond donors (Lipinski definition) is 2. The molecule has 0 aliphatic carbocycles. The summed E-state index contributed by atoms with van der Waals surface area (Å²) >= 11 is 0. The second-order valence-corrected chi connectivity index (χ2v) is 5.02. The van der Waals surface area contributed by atoms with Crippen LogP contribution in [0.5, 0.6) is 0 Å². The number of allylic oxidation sites excluding steroid dienone is 1. The van der Waals surface area contributed by atoms with Crippen LogP contribution in [0, 0.1) is 0 Å². The number of benzene rings is 1. The van der Waals surface area contributed by atoms with Crippen molar-refractivity contribution in [1.29, 1.82) is 0 Å². The Labute approximate surface area is 129 Å². The fourth-order valence-corrected chi connectivity index (χ4v) is 1.75. The number of rotatable bonds is 6. The lowest BCUT2D eigenvalue weighted by molar-refractivity contribution is -0.119. The van der Waals surface area contributed by atoms with Crippen molar-refractivity contribution >= 4 is 17.8 Å².